The monoisotopic (exact) mass is 452 g/mol. The van der Waals surface area contributed by atoms with Gasteiger partial charge in [0.25, 0.3) is 0 Å². The number of aromatic hydroxyl groups is 1. The van der Waals surface area contributed by atoms with E-state index in [4.69, 9.17) is 13.9 Å². The number of carbonyl (C=O) groups is 2. The molecule has 0 bridgehead atoms. The predicted molar refractivity (Wildman–Crippen MR) is 125 cm³/mol. The van der Waals surface area contributed by atoms with Gasteiger partial charge in [0, 0.05) is 22.9 Å². The molecule has 174 valence electrons. The Hall–Kier alpha value is -3.74. The molecule has 3 aromatic rings. The van der Waals surface area contributed by atoms with Gasteiger partial charge in [0.2, 0.25) is 5.76 Å². The van der Waals surface area contributed by atoms with Crippen molar-refractivity contribution in [3.05, 3.63) is 65.4 Å². The first-order valence-corrected chi connectivity index (χ1v) is 10.9. The Morgan fingerprint density at radius 3 is 2.36 bits per heavy atom. The van der Waals surface area contributed by atoms with Crippen LogP contribution in [0, 0.1) is 0 Å². The largest absolute Gasteiger partial charge is 0.507 e. The Balaban J connectivity index is 1.66. The fraction of sp³-hybridized carbons (Fsp3) is 0.308. The van der Waals surface area contributed by atoms with Crippen LogP contribution >= 0.6 is 0 Å². The molecule has 3 rings (SSSR count). The number of hydrogen-bond donors (Lipinski definition) is 2. The molecule has 0 spiro atoms. The molecule has 2 aromatic carbocycles. The number of hydrogen-bond acceptors (Lipinski definition) is 6. The standard InChI is InChI=1S/C26H28O7/c1-4-7-18-20-15-24(26(29)30)33-23(20)12-11-21(18)31-13-6-14-32-22-10-9-17(16(3)27)25(28)19(22)8-5-2/h4,9-12,15,28H,1,5-8,13-14H2,2-3H3,(H,29,30). The van der Waals surface area contributed by atoms with Crippen molar-refractivity contribution in [2.24, 2.45) is 0 Å². The summed E-state index contributed by atoms with van der Waals surface area (Å²) in [6.45, 7) is 7.93. The van der Waals surface area contributed by atoms with Crippen LogP contribution in [0.2, 0.25) is 0 Å². The minimum absolute atomic E-state index is 0.0127. The third-order valence-corrected chi connectivity index (χ3v) is 5.25. The maximum absolute atomic E-state index is 11.7. The first kappa shape index (κ1) is 23.9. The van der Waals surface area contributed by atoms with Gasteiger partial charge in [-0.25, -0.2) is 4.79 Å². The first-order chi connectivity index (χ1) is 15.9. The van der Waals surface area contributed by atoms with Gasteiger partial charge in [0.1, 0.15) is 22.8 Å². The number of aromatic carboxylic acids is 1. The summed E-state index contributed by atoms with van der Waals surface area (Å²) >= 11 is 0. The van der Waals surface area contributed by atoms with Gasteiger partial charge in [-0.1, -0.05) is 19.4 Å². The smallest absolute Gasteiger partial charge is 0.371 e. The van der Waals surface area contributed by atoms with Gasteiger partial charge >= 0.3 is 5.97 Å². The molecule has 7 heteroatoms. The van der Waals surface area contributed by atoms with Crippen LogP contribution in [0.1, 0.15) is 58.7 Å². The SMILES string of the molecule is C=CCc1c(OCCCOc2ccc(C(C)=O)c(O)c2CCC)ccc2oc(C(=O)O)cc12. The van der Waals surface area contributed by atoms with Crippen LogP contribution in [-0.2, 0) is 12.8 Å². The van der Waals surface area contributed by atoms with E-state index in [1.54, 1.807) is 30.3 Å². The number of fused-ring (bicyclic) bond motifs is 1. The number of allylic oxidation sites excluding steroid dienone is 1. The minimum Gasteiger partial charge on any atom is -0.507 e. The number of carbonyl (C=O) groups excluding carboxylic acids is 1. The van der Waals surface area contributed by atoms with Gasteiger partial charge < -0.3 is 24.1 Å². The number of phenolic OH excluding ortho intramolecular Hbond substituents is 1. The van der Waals surface area contributed by atoms with Gasteiger partial charge in [-0.05, 0) is 50.1 Å². The van der Waals surface area contributed by atoms with Crippen LogP contribution < -0.4 is 9.47 Å². The molecule has 0 fully saturated rings. The zero-order valence-electron chi connectivity index (χ0n) is 18.8. The van der Waals surface area contributed by atoms with E-state index in [9.17, 15) is 19.8 Å². The van der Waals surface area contributed by atoms with Crippen LogP contribution in [0.3, 0.4) is 0 Å². The van der Waals surface area contributed by atoms with Crippen molar-refractivity contribution in [2.45, 2.75) is 39.5 Å². The second-order valence-corrected chi connectivity index (χ2v) is 7.66. The Kier molecular flexibility index (Phi) is 7.77. The van der Waals surface area contributed by atoms with Gasteiger partial charge in [-0.2, -0.15) is 0 Å². The molecule has 0 radical (unpaired) electrons. The fourth-order valence-corrected chi connectivity index (χ4v) is 3.70. The van der Waals surface area contributed by atoms with Crippen molar-refractivity contribution in [2.75, 3.05) is 13.2 Å². The lowest BCUT2D eigenvalue weighted by Gasteiger charge is -2.15. The van der Waals surface area contributed by atoms with E-state index in [0.29, 0.717) is 66.1 Å². The molecule has 0 unspecified atom stereocenters. The van der Waals surface area contributed by atoms with Gasteiger partial charge in [0.15, 0.2) is 5.78 Å². The van der Waals surface area contributed by atoms with Crippen LogP contribution in [-0.4, -0.2) is 35.2 Å². The second kappa shape index (κ2) is 10.7. The number of phenols is 1. The third-order valence-electron chi connectivity index (χ3n) is 5.25. The zero-order valence-corrected chi connectivity index (χ0v) is 18.8. The normalized spacial score (nSPS) is 10.8. The number of benzene rings is 2. The average Bonchev–Trinajstić information content (AvgIpc) is 3.22. The average molecular weight is 453 g/mol. The number of furan rings is 1. The van der Waals surface area contributed by atoms with E-state index in [2.05, 4.69) is 6.58 Å². The molecule has 0 saturated heterocycles. The molecule has 1 heterocycles. The molecular formula is C26H28O7. The maximum Gasteiger partial charge on any atom is 0.371 e. The molecule has 7 nitrogen and oxygen atoms in total. The maximum atomic E-state index is 11.7. The van der Waals surface area contributed by atoms with Crippen LogP contribution in [0.4, 0.5) is 0 Å². The van der Waals surface area contributed by atoms with Gasteiger partial charge in [0.05, 0.1) is 18.8 Å². The van der Waals surface area contributed by atoms with Gasteiger partial charge in [-0.15, -0.1) is 6.58 Å². The summed E-state index contributed by atoms with van der Waals surface area (Å²) in [5, 5.41) is 20.3. The van der Waals surface area contributed by atoms with E-state index < -0.39 is 5.97 Å². The van der Waals surface area contributed by atoms with Crippen molar-refractivity contribution in [3.8, 4) is 17.2 Å². The molecular weight excluding hydrogens is 424 g/mol. The number of carboxylic acid groups (broad SMARTS) is 1. The molecule has 0 amide bonds. The second-order valence-electron chi connectivity index (χ2n) is 7.66. The number of ketones is 1. The van der Waals surface area contributed by atoms with Crippen LogP contribution in [0.15, 0.2) is 47.4 Å². The summed E-state index contributed by atoms with van der Waals surface area (Å²) in [6.07, 6.45) is 4.22. The Bertz CT molecular complexity index is 1170. The molecule has 0 aliphatic carbocycles. The lowest BCUT2D eigenvalue weighted by Crippen LogP contribution is -2.08. The molecule has 2 N–H and O–H groups in total. The van der Waals surface area contributed by atoms with Crippen molar-refractivity contribution in [1.29, 1.82) is 0 Å². The molecule has 1 aromatic heterocycles. The minimum atomic E-state index is -1.12. The summed E-state index contributed by atoms with van der Waals surface area (Å²) in [7, 11) is 0. The van der Waals surface area contributed by atoms with E-state index in [1.165, 1.54) is 13.0 Å². The predicted octanol–water partition coefficient (Wildman–Crippen LogP) is 5.57. The Morgan fingerprint density at radius 1 is 1.09 bits per heavy atom. The van der Waals surface area contributed by atoms with E-state index in [0.717, 1.165) is 12.0 Å². The van der Waals surface area contributed by atoms with Crippen molar-refractivity contribution < 1.29 is 33.7 Å². The molecule has 0 atom stereocenters. The summed E-state index contributed by atoms with van der Waals surface area (Å²) in [6, 6.07) is 8.25. The van der Waals surface area contributed by atoms with Crippen molar-refractivity contribution in [1.82, 2.24) is 0 Å². The first-order valence-electron chi connectivity index (χ1n) is 10.9. The highest BCUT2D eigenvalue weighted by Crippen LogP contribution is 2.34. The topological polar surface area (TPSA) is 106 Å². The summed E-state index contributed by atoms with van der Waals surface area (Å²) in [5.74, 6) is -0.252. The van der Waals surface area contributed by atoms with E-state index in [1.807, 2.05) is 6.92 Å². The summed E-state index contributed by atoms with van der Waals surface area (Å²) in [4.78, 5) is 22.9. The quantitative estimate of drug-likeness (QED) is 0.210. The Morgan fingerprint density at radius 2 is 1.76 bits per heavy atom. The third kappa shape index (κ3) is 5.37. The van der Waals surface area contributed by atoms with E-state index in [-0.39, 0.29) is 17.3 Å². The lowest BCUT2D eigenvalue weighted by molar-refractivity contribution is 0.0664. The number of rotatable bonds is 12. The number of carboxylic acids is 1. The van der Waals surface area contributed by atoms with Crippen LogP contribution in [0.25, 0.3) is 11.0 Å². The lowest BCUT2D eigenvalue weighted by atomic mass is 10.0. The highest BCUT2D eigenvalue weighted by molar-refractivity contribution is 5.97. The summed E-state index contributed by atoms with van der Waals surface area (Å²) < 4.78 is 17.2. The molecule has 33 heavy (non-hydrogen) atoms. The summed E-state index contributed by atoms with van der Waals surface area (Å²) in [5.41, 5.74) is 2.23. The molecule has 0 saturated carbocycles. The number of ether oxygens (including phenoxy) is 2. The fourth-order valence-electron chi connectivity index (χ4n) is 3.70. The highest BCUT2D eigenvalue weighted by atomic mass is 16.5. The Labute approximate surface area is 192 Å². The molecule has 0 aliphatic heterocycles. The van der Waals surface area contributed by atoms with Crippen molar-refractivity contribution >= 4 is 22.7 Å². The van der Waals surface area contributed by atoms with Gasteiger partial charge in [-0.3, -0.25) is 4.79 Å². The zero-order chi connectivity index (χ0) is 24.0. The van der Waals surface area contributed by atoms with E-state index >= 15 is 0 Å². The number of Topliss-reactive ketones (excluding diaryl/α,β-unsaturated/α-hetero) is 1. The van der Waals surface area contributed by atoms with Crippen molar-refractivity contribution in [3.63, 3.8) is 0 Å². The van der Waals surface area contributed by atoms with Crippen LogP contribution in [0.5, 0.6) is 17.2 Å². The highest BCUT2D eigenvalue weighted by Gasteiger charge is 2.17. The molecule has 0 aliphatic rings.